The highest BCUT2D eigenvalue weighted by Gasteiger charge is 2.20. The third-order valence-electron chi connectivity index (χ3n) is 4.61. The topological polar surface area (TPSA) is 103 Å². The number of ether oxygens (including phenoxy) is 1. The average Bonchev–Trinajstić information content (AvgIpc) is 3.45. The zero-order chi connectivity index (χ0) is 21.2. The predicted molar refractivity (Wildman–Crippen MR) is 113 cm³/mol. The van der Waals surface area contributed by atoms with Gasteiger partial charge in [0.15, 0.2) is 5.76 Å². The first-order chi connectivity index (χ1) is 15.2. The highest BCUT2D eigenvalue weighted by molar-refractivity contribution is 6.13. The Balaban J connectivity index is 1.47. The Morgan fingerprint density at radius 2 is 1.90 bits per heavy atom. The first-order valence-electron chi connectivity index (χ1n) is 9.47. The maximum atomic E-state index is 13.2. The number of pyridine rings is 2. The quantitative estimate of drug-likeness (QED) is 0.421. The zero-order valence-electron chi connectivity index (χ0n) is 16.4. The Kier molecular flexibility index (Phi) is 4.64. The molecule has 5 rings (SSSR count). The van der Waals surface area contributed by atoms with Crippen LogP contribution in [0.1, 0.15) is 16.1 Å². The molecule has 1 N–H and O–H groups in total. The Morgan fingerprint density at radius 3 is 2.71 bits per heavy atom. The van der Waals surface area contributed by atoms with Crippen LogP contribution in [0.5, 0.6) is 11.5 Å². The lowest BCUT2D eigenvalue weighted by Gasteiger charge is -2.10. The van der Waals surface area contributed by atoms with E-state index < -0.39 is 0 Å². The molecule has 8 nitrogen and oxygen atoms in total. The number of fused-ring (bicyclic) bond motifs is 1. The van der Waals surface area contributed by atoms with Gasteiger partial charge in [0.05, 0.1) is 22.9 Å². The molecule has 5 aromatic rings. The van der Waals surface area contributed by atoms with E-state index in [1.807, 2.05) is 0 Å². The Labute approximate surface area is 176 Å². The van der Waals surface area contributed by atoms with E-state index in [1.54, 1.807) is 80.2 Å². The maximum Gasteiger partial charge on any atom is 0.259 e. The molecule has 0 unspecified atom stereocenters. The zero-order valence-corrected chi connectivity index (χ0v) is 16.4. The van der Waals surface area contributed by atoms with E-state index in [1.165, 1.54) is 0 Å². The van der Waals surface area contributed by atoms with Gasteiger partial charge >= 0.3 is 0 Å². The standard InChI is InChI=1S/C23H16N4O4/c1-14-21-18(13-19(20-6-3-11-29-20)26-23(21)31-27-14)22(28)25-15-4-2-5-17(12-15)30-16-7-9-24-10-8-16/h2-13H,1H3,(H,25,28). The van der Waals surface area contributed by atoms with Crippen molar-refractivity contribution < 1.29 is 18.5 Å². The minimum atomic E-state index is -0.326. The number of benzene rings is 1. The van der Waals surface area contributed by atoms with Crippen LogP contribution in [-0.4, -0.2) is 21.0 Å². The molecular formula is C23H16N4O4. The van der Waals surface area contributed by atoms with Crippen LogP contribution in [0, 0.1) is 6.92 Å². The summed E-state index contributed by atoms with van der Waals surface area (Å²) in [6, 6.07) is 15.8. The molecule has 8 heteroatoms. The molecule has 4 heterocycles. The van der Waals surface area contributed by atoms with E-state index in [2.05, 4.69) is 20.4 Å². The number of rotatable bonds is 5. The van der Waals surface area contributed by atoms with Gasteiger partial charge in [-0.3, -0.25) is 9.78 Å². The number of furan rings is 1. The summed E-state index contributed by atoms with van der Waals surface area (Å²) in [5.74, 6) is 1.43. The summed E-state index contributed by atoms with van der Waals surface area (Å²) in [5.41, 5.74) is 2.29. The second kappa shape index (κ2) is 7.75. The van der Waals surface area contributed by atoms with E-state index in [-0.39, 0.29) is 11.6 Å². The normalized spacial score (nSPS) is 10.9. The van der Waals surface area contributed by atoms with Gasteiger partial charge < -0.3 is 19.0 Å². The van der Waals surface area contributed by atoms with Gasteiger partial charge in [0.25, 0.3) is 11.6 Å². The lowest BCUT2D eigenvalue weighted by Crippen LogP contribution is -2.13. The molecular weight excluding hydrogens is 396 g/mol. The van der Waals surface area contributed by atoms with Gasteiger partial charge in [0.2, 0.25) is 0 Å². The molecule has 0 aliphatic heterocycles. The maximum absolute atomic E-state index is 13.2. The molecule has 0 atom stereocenters. The molecule has 4 aromatic heterocycles. The molecule has 0 spiro atoms. The van der Waals surface area contributed by atoms with Gasteiger partial charge in [-0.2, -0.15) is 0 Å². The fourth-order valence-electron chi connectivity index (χ4n) is 3.20. The number of aryl methyl sites for hydroxylation is 1. The van der Waals surface area contributed by atoms with Gasteiger partial charge in [0, 0.05) is 24.1 Å². The summed E-state index contributed by atoms with van der Waals surface area (Å²) < 4.78 is 16.5. The predicted octanol–water partition coefficient (Wildman–Crippen LogP) is 5.23. The molecule has 0 radical (unpaired) electrons. The number of nitrogens with one attached hydrogen (secondary N) is 1. The van der Waals surface area contributed by atoms with Gasteiger partial charge in [-0.15, -0.1) is 0 Å². The van der Waals surface area contributed by atoms with E-state index in [0.717, 1.165) is 0 Å². The van der Waals surface area contributed by atoms with Crippen molar-refractivity contribution >= 4 is 22.7 Å². The van der Waals surface area contributed by atoms with Crippen LogP contribution < -0.4 is 10.1 Å². The van der Waals surface area contributed by atoms with E-state index >= 15 is 0 Å². The van der Waals surface area contributed by atoms with Crippen molar-refractivity contribution in [2.75, 3.05) is 5.32 Å². The van der Waals surface area contributed by atoms with Crippen molar-refractivity contribution in [3.63, 3.8) is 0 Å². The van der Waals surface area contributed by atoms with Crippen LogP contribution >= 0.6 is 0 Å². The molecule has 1 aromatic carbocycles. The SMILES string of the molecule is Cc1noc2nc(-c3ccco3)cc(C(=O)Nc3cccc(Oc4ccncc4)c3)c12. The second-order valence-corrected chi connectivity index (χ2v) is 6.75. The number of aromatic nitrogens is 3. The molecule has 0 aliphatic rings. The van der Waals surface area contributed by atoms with E-state index in [0.29, 0.717) is 45.3 Å². The van der Waals surface area contributed by atoms with Crippen LogP contribution in [0.25, 0.3) is 22.6 Å². The first-order valence-corrected chi connectivity index (χ1v) is 9.47. The molecule has 0 saturated heterocycles. The van der Waals surface area contributed by atoms with Crippen LogP contribution in [-0.2, 0) is 0 Å². The Morgan fingerprint density at radius 1 is 1.03 bits per heavy atom. The number of nitrogens with zero attached hydrogens (tertiary/aromatic N) is 3. The lowest BCUT2D eigenvalue weighted by molar-refractivity contribution is 0.102. The fourth-order valence-corrected chi connectivity index (χ4v) is 3.20. The third kappa shape index (κ3) is 3.74. The van der Waals surface area contributed by atoms with Gasteiger partial charge in [0.1, 0.15) is 17.2 Å². The largest absolute Gasteiger partial charge is 0.463 e. The summed E-state index contributed by atoms with van der Waals surface area (Å²) >= 11 is 0. The summed E-state index contributed by atoms with van der Waals surface area (Å²) in [6.07, 6.45) is 4.84. The monoisotopic (exact) mass is 412 g/mol. The molecule has 0 aliphatic carbocycles. The number of carbonyl (C=O) groups is 1. The molecule has 31 heavy (non-hydrogen) atoms. The Hall–Kier alpha value is -4.46. The van der Waals surface area contributed by atoms with Crippen molar-refractivity contribution in [2.24, 2.45) is 0 Å². The first kappa shape index (κ1) is 18.6. The smallest absolute Gasteiger partial charge is 0.259 e. The number of hydrogen-bond acceptors (Lipinski definition) is 7. The number of hydrogen-bond donors (Lipinski definition) is 1. The highest BCUT2D eigenvalue weighted by atomic mass is 16.5. The van der Waals surface area contributed by atoms with Crippen LogP contribution in [0.15, 0.2) is 82.2 Å². The summed E-state index contributed by atoms with van der Waals surface area (Å²) in [4.78, 5) is 21.6. The van der Waals surface area contributed by atoms with Crippen LogP contribution in [0.2, 0.25) is 0 Å². The molecule has 0 fully saturated rings. The summed E-state index contributed by atoms with van der Waals surface area (Å²) in [7, 11) is 0. The van der Waals surface area contributed by atoms with Gasteiger partial charge in [-0.25, -0.2) is 4.98 Å². The van der Waals surface area contributed by atoms with Crippen molar-refractivity contribution in [3.8, 4) is 23.0 Å². The van der Waals surface area contributed by atoms with Gasteiger partial charge in [-0.05, 0) is 49.4 Å². The third-order valence-corrected chi connectivity index (χ3v) is 4.61. The fraction of sp³-hybridized carbons (Fsp3) is 0.0435. The van der Waals surface area contributed by atoms with Crippen molar-refractivity contribution in [1.82, 2.24) is 15.1 Å². The van der Waals surface area contributed by atoms with Crippen molar-refractivity contribution in [3.05, 3.63) is 84.5 Å². The summed E-state index contributed by atoms with van der Waals surface area (Å²) in [6.45, 7) is 1.76. The molecule has 0 saturated carbocycles. The van der Waals surface area contributed by atoms with E-state index in [9.17, 15) is 4.79 Å². The highest BCUT2D eigenvalue weighted by Crippen LogP contribution is 2.29. The second-order valence-electron chi connectivity index (χ2n) is 6.75. The minimum absolute atomic E-state index is 0.270. The van der Waals surface area contributed by atoms with Gasteiger partial charge in [-0.1, -0.05) is 11.2 Å². The van der Waals surface area contributed by atoms with E-state index in [4.69, 9.17) is 13.7 Å². The Bertz CT molecular complexity index is 1360. The lowest BCUT2D eigenvalue weighted by atomic mass is 10.1. The van der Waals surface area contributed by atoms with Crippen LogP contribution in [0.4, 0.5) is 5.69 Å². The number of anilines is 1. The van der Waals surface area contributed by atoms with Crippen LogP contribution in [0.3, 0.4) is 0 Å². The van der Waals surface area contributed by atoms with Crippen molar-refractivity contribution in [1.29, 1.82) is 0 Å². The molecule has 152 valence electrons. The molecule has 1 amide bonds. The minimum Gasteiger partial charge on any atom is -0.463 e. The summed E-state index contributed by atoms with van der Waals surface area (Å²) in [5, 5.41) is 7.42. The van der Waals surface area contributed by atoms with Crippen molar-refractivity contribution in [2.45, 2.75) is 6.92 Å². The molecule has 0 bridgehead atoms. The number of carbonyl (C=O) groups excluding carboxylic acids is 1. The average molecular weight is 412 g/mol. The number of amides is 1.